The highest BCUT2D eigenvalue weighted by Crippen LogP contribution is 2.25. The number of hydrogen-bond acceptors (Lipinski definition) is 3. The Morgan fingerprint density at radius 1 is 1.30 bits per heavy atom. The molecule has 1 unspecified atom stereocenters. The molecule has 0 heterocycles. The molecule has 6 heteroatoms. The number of amides is 1. The standard InChI is InChI=1S/C14H19F2NO2S/c1-9(2)12(7-8-18)17-13(19)10-3-5-11(6-4-10)20-14(15)16/h3-6,9,12,14,18H,7-8H2,1-2H3,(H,17,19). The van der Waals surface area contributed by atoms with Crippen LogP contribution < -0.4 is 5.32 Å². The maximum Gasteiger partial charge on any atom is 0.288 e. The summed E-state index contributed by atoms with van der Waals surface area (Å²) in [5.74, 6) is -2.52. The van der Waals surface area contributed by atoms with Crippen LogP contribution in [0.4, 0.5) is 8.78 Å². The molecule has 1 aromatic carbocycles. The van der Waals surface area contributed by atoms with E-state index in [4.69, 9.17) is 5.11 Å². The minimum atomic E-state index is -2.47. The number of aliphatic hydroxyl groups excluding tert-OH is 1. The van der Waals surface area contributed by atoms with Crippen LogP contribution in [0, 0.1) is 5.92 Å². The van der Waals surface area contributed by atoms with Gasteiger partial charge < -0.3 is 10.4 Å². The van der Waals surface area contributed by atoms with Crippen molar-refractivity contribution in [3.8, 4) is 0 Å². The SMILES string of the molecule is CC(C)C(CCO)NC(=O)c1ccc(SC(F)F)cc1. The van der Waals surface area contributed by atoms with E-state index in [1.165, 1.54) is 24.3 Å². The molecule has 1 aromatic rings. The topological polar surface area (TPSA) is 49.3 Å². The van der Waals surface area contributed by atoms with Crippen LogP contribution in [-0.4, -0.2) is 29.4 Å². The molecule has 0 aliphatic heterocycles. The van der Waals surface area contributed by atoms with Gasteiger partial charge in [-0.05, 0) is 36.6 Å². The summed E-state index contributed by atoms with van der Waals surface area (Å²) >= 11 is 0.448. The number of alkyl halides is 2. The Morgan fingerprint density at radius 2 is 1.90 bits per heavy atom. The first-order chi connectivity index (χ1) is 9.43. The third-order valence-electron chi connectivity index (χ3n) is 2.90. The predicted octanol–water partition coefficient (Wildman–Crippen LogP) is 3.14. The number of thioether (sulfide) groups is 1. The first-order valence-electron chi connectivity index (χ1n) is 6.40. The number of aliphatic hydroxyl groups is 1. The fourth-order valence-electron chi connectivity index (χ4n) is 1.75. The Balaban J connectivity index is 2.67. The maximum absolute atomic E-state index is 12.2. The second kappa shape index (κ2) is 8.21. The molecule has 0 saturated heterocycles. The zero-order chi connectivity index (χ0) is 15.1. The van der Waals surface area contributed by atoms with E-state index in [-0.39, 0.29) is 24.5 Å². The number of benzene rings is 1. The van der Waals surface area contributed by atoms with Crippen molar-refractivity contribution in [1.29, 1.82) is 0 Å². The van der Waals surface area contributed by atoms with Gasteiger partial charge in [0.25, 0.3) is 11.7 Å². The van der Waals surface area contributed by atoms with E-state index in [2.05, 4.69) is 5.32 Å². The molecule has 1 atom stereocenters. The van der Waals surface area contributed by atoms with Crippen molar-refractivity contribution >= 4 is 17.7 Å². The Hall–Kier alpha value is -1.14. The molecular weight excluding hydrogens is 284 g/mol. The largest absolute Gasteiger partial charge is 0.396 e. The van der Waals surface area contributed by atoms with Gasteiger partial charge in [-0.3, -0.25) is 4.79 Å². The highest BCUT2D eigenvalue weighted by atomic mass is 32.2. The lowest BCUT2D eigenvalue weighted by Crippen LogP contribution is -2.39. The van der Waals surface area contributed by atoms with Gasteiger partial charge in [0, 0.05) is 23.1 Å². The van der Waals surface area contributed by atoms with Gasteiger partial charge in [-0.25, -0.2) is 0 Å². The van der Waals surface area contributed by atoms with Crippen LogP contribution in [-0.2, 0) is 0 Å². The van der Waals surface area contributed by atoms with Crippen LogP contribution >= 0.6 is 11.8 Å². The molecule has 0 radical (unpaired) electrons. The first-order valence-corrected chi connectivity index (χ1v) is 7.28. The van der Waals surface area contributed by atoms with Crippen molar-refractivity contribution in [1.82, 2.24) is 5.32 Å². The lowest BCUT2D eigenvalue weighted by Gasteiger charge is -2.21. The number of carbonyl (C=O) groups excluding carboxylic acids is 1. The molecule has 0 aliphatic rings. The summed E-state index contributed by atoms with van der Waals surface area (Å²) in [5.41, 5.74) is 0.423. The molecule has 0 aliphatic carbocycles. The van der Waals surface area contributed by atoms with Crippen molar-refractivity contribution in [3.63, 3.8) is 0 Å². The average molecular weight is 303 g/mol. The molecule has 0 bridgehead atoms. The number of nitrogens with one attached hydrogen (secondary N) is 1. The van der Waals surface area contributed by atoms with Crippen LogP contribution in [0.1, 0.15) is 30.6 Å². The molecule has 20 heavy (non-hydrogen) atoms. The fraction of sp³-hybridized carbons (Fsp3) is 0.500. The molecule has 0 aromatic heterocycles. The third kappa shape index (κ3) is 5.46. The number of rotatable bonds is 7. The Morgan fingerprint density at radius 3 is 2.35 bits per heavy atom. The molecule has 3 nitrogen and oxygen atoms in total. The second-order valence-electron chi connectivity index (χ2n) is 4.74. The summed E-state index contributed by atoms with van der Waals surface area (Å²) in [6.45, 7) is 3.93. The number of halogens is 2. The van der Waals surface area contributed by atoms with Crippen molar-refractivity contribution in [2.75, 3.05) is 6.61 Å². The number of hydrogen-bond donors (Lipinski definition) is 2. The van der Waals surface area contributed by atoms with Crippen molar-refractivity contribution in [2.24, 2.45) is 5.92 Å². The third-order valence-corrected chi connectivity index (χ3v) is 3.63. The molecule has 0 spiro atoms. The van der Waals surface area contributed by atoms with Gasteiger partial charge in [0.15, 0.2) is 0 Å². The maximum atomic E-state index is 12.2. The van der Waals surface area contributed by atoms with Crippen molar-refractivity contribution in [2.45, 2.75) is 37.0 Å². The summed E-state index contributed by atoms with van der Waals surface area (Å²) < 4.78 is 24.4. The highest BCUT2D eigenvalue weighted by molar-refractivity contribution is 7.99. The zero-order valence-electron chi connectivity index (χ0n) is 11.5. The van der Waals surface area contributed by atoms with E-state index in [1.807, 2.05) is 13.8 Å². The molecule has 0 fully saturated rings. The first kappa shape index (κ1) is 16.9. The molecule has 1 amide bonds. The van der Waals surface area contributed by atoms with Gasteiger partial charge >= 0.3 is 0 Å². The predicted molar refractivity (Wildman–Crippen MR) is 76.1 cm³/mol. The van der Waals surface area contributed by atoms with Gasteiger partial charge in [0.05, 0.1) is 0 Å². The van der Waals surface area contributed by atoms with E-state index in [0.717, 1.165) is 0 Å². The summed E-state index contributed by atoms with van der Waals surface area (Å²) in [7, 11) is 0. The normalized spacial score (nSPS) is 12.8. The summed E-state index contributed by atoms with van der Waals surface area (Å²) in [5, 5.41) is 11.8. The Bertz CT molecular complexity index is 424. The van der Waals surface area contributed by atoms with E-state index in [1.54, 1.807) is 0 Å². The van der Waals surface area contributed by atoms with Gasteiger partial charge in [0.1, 0.15) is 0 Å². The van der Waals surface area contributed by atoms with E-state index in [0.29, 0.717) is 28.6 Å². The molecule has 0 saturated carbocycles. The van der Waals surface area contributed by atoms with E-state index >= 15 is 0 Å². The van der Waals surface area contributed by atoms with Gasteiger partial charge in [-0.1, -0.05) is 25.6 Å². The Labute approximate surface area is 121 Å². The van der Waals surface area contributed by atoms with Crippen LogP contribution in [0.25, 0.3) is 0 Å². The summed E-state index contributed by atoms with van der Waals surface area (Å²) in [4.78, 5) is 12.4. The number of carbonyl (C=O) groups is 1. The molecule has 112 valence electrons. The van der Waals surface area contributed by atoms with Gasteiger partial charge in [-0.2, -0.15) is 8.78 Å². The molecular formula is C14H19F2NO2S. The summed E-state index contributed by atoms with van der Waals surface area (Å²) in [6.07, 6.45) is 0.489. The smallest absolute Gasteiger partial charge is 0.288 e. The van der Waals surface area contributed by atoms with Gasteiger partial charge in [-0.15, -0.1) is 0 Å². The van der Waals surface area contributed by atoms with Crippen molar-refractivity contribution < 1.29 is 18.7 Å². The molecule has 2 N–H and O–H groups in total. The minimum absolute atomic E-state index is 0.00704. The lowest BCUT2D eigenvalue weighted by molar-refractivity contribution is 0.0916. The van der Waals surface area contributed by atoms with E-state index in [9.17, 15) is 13.6 Å². The van der Waals surface area contributed by atoms with Crippen LogP contribution in [0.15, 0.2) is 29.2 Å². The molecule has 1 rings (SSSR count). The Kier molecular flexibility index (Phi) is 6.95. The van der Waals surface area contributed by atoms with Crippen LogP contribution in [0.5, 0.6) is 0 Å². The van der Waals surface area contributed by atoms with Crippen LogP contribution in [0.2, 0.25) is 0 Å². The monoisotopic (exact) mass is 303 g/mol. The summed E-state index contributed by atoms with van der Waals surface area (Å²) in [6, 6.07) is 5.94. The minimum Gasteiger partial charge on any atom is -0.396 e. The quantitative estimate of drug-likeness (QED) is 0.761. The van der Waals surface area contributed by atoms with Crippen molar-refractivity contribution in [3.05, 3.63) is 29.8 Å². The van der Waals surface area contributed by atoms with Gasteiger partial charge in [0.2, 0.25) is 0 Å². The second-order valence-corrected chi connectivity index (χ2v) is 5.80. The van der Waals surface area contributed by atoms with E-state index < -0.39 is 5.76 Å². The highest BCUT2D eigenvalue weighted by Gasteiger charge is 2.16. The average Bonchev–Trinajstić information content (AvgIpc) is 2.38. The fourth-order valence-corrected chi connectivity index (χ4v) is 2.25. The lowest BCUT2D eigenvalue weighted by atomic mass is 10.0. The van der Waals surface area contributed by atoms with Crippen LogP contribution in [0.3, 0.4) is 0 Å². The zero-order valence-corrected chi connectivity index (χ0v) is 12.3.